The summed E-state index contributed by atoms with van der Waals surface area (Å²) in [5, 5.41) is 0. The van der Waals surface area contributed by atoms with Gasteiger partial charge >= 0.3 is 12.4 Å². The molecule has 0 spiro atoms. The molecular formula is C21H20F6N4O. The molecule has 32 heavy (non-hydrogen) atoms. The second kappa shape index (κ2) is 7.63. The Kier molecular flexibility index (Phi) is 5.33. The number of halogens is 6. The highest BCUT2D eigenvalue weighted by Crippen LogP contribution is 2.46. The van der Waals surface area contributed by atoms with Crippen LogP contribution >= 0.6 is 0 Å². The van der Waals surface area contributed by atoms with Crippen LogP contribution < -0.4 is 9.80 Å². The third-order valence-corrected chi connectivity index (χ3v) is 6.15. The first-order valence-electron chi connectivity index (χ1n) is 10.0. The van der Waals surface area contributed by atoms with Crippen molar-refractivity contribution in [3.05, 3.63) is 47.4 Å². The van der Waals surface area contributed by atoms with Crippen LogP contribution in [-0.4, -0.2) is 35.0 Å². The molecule has 1 saturated heterocycles. The fourth-order valence-electron chi connectivity index (χ4n) is 4.58. The number of carbonyl (C=O) groups excluding carboxylic acids is 1. The normalized spacial score (nSPS) is 23.0. The molecule has 4 rings (SSSR count). The van der Waals surface area contributed by atoms with Gasteiger partial charge in [0.2, 0.25) is 5.91 Å². The summed E-state index contributed by atoms with van der Waals surface area (Å²) in [5.74, 6) is -1.08. The number of nitrogens with zero attached hydrogens (tertiary/aromatic N) is 4. The average Bonchev–Trinajstić information content (AvgIpc) is 3.33. The lowest BCUT2D eigenvalue weighted by atomic mass is 9.97. The number of hydrogen-bond acceptors (Lipinski definition) is 4. The smallest absolute Gasteiger partial charge is 0.341 e. The van der Waals surface area contributed by atoms with Crippen molar-refractivity contribution < 1.29 is 31.1 Å². The number of amides is 1. The van der Waals surface area contributed by atoms with E-state index in [-0.39, 0.29) is 18.0 Å². The fourth-order valence-corrected chi connectivity index (χ4v) is 4.58. The minimum atomic E-state index is -5.06. The number of rotatable bonds is 3. The van der Waals surface area contributed by atoms with E-state index in [0.717, 1.165) is 5.69 Å². The van der Waals surface area contributed by atoms with E-state index in [1.165, 1.54) is 23.0 Å². The Morgan fingerprint density at radius 2 is 1.81 bits per heavy atom. The largest absolute Gasteiger partial charge is 0.433 e. The molecule has 0 unspecified atom stereocenters. The Labute approximate surface area is 180 Å². The molecule has 172 valence electrons. The third kappa shape index (κ3) is 4.00. The van der Waals surface area contributed by atoms with Crippen LogP contribution in [0.25, 0.3) is 0 Å². The Morgan fingerprint density at radius 3 is 2.41 bits per heavy atom. The van der Waals surface area contributed by atoms with Gasteiger partial charge in [-0.05, 0) is 56.4 Å². The van der Waals surface area contributed by atoms with Gasteiger partial charge in [0.25, 0.3) is 0 Å². The Bertz CT molecular complexity index is 988. The van der Waals surface area contributed by atoms with Crippen molar-refractivity contribution in [1.82, 2.24) is 9.97 Å². The Morgan fingerprint density at radius 1 is 1.09 bits per heavy atom. The van der Waals surface area contributed by atoms with E-state index in [1.54, 1.807) is 19.1 Å². The average molecular weight is 458 g/mol. The molecule has 11 heteroatoms. The van der Waals surface area contributed by atoms with E-state index in [9.17, 15) is 31.1 Å². The van der Waals surface area contributed by atoms with Gasteiger partial charge in [0.1, 0.15) is 17.6 Å². The molecule has 2 aromatic heterocycles. The van der Waals surface area contributed by atoms with Gasteiger partial charge in [0.05, 0.1) is 17.4 Å². The molecule has 5 nitrogen and oxygen atoms in total. The van der Waals surface area contributed by atoms with Crippen LogP contribution in [0, 0.1) is 12.8 Å². The molecule has 1 aliphatic carbocycles. The highest BCUT2D eigenvalue weighted by Gasteiger charge is 2.51. The molecule has 2 aromatic rings. The summed E-state index contributed by atoms with van der Waals surface area (Å²) < 4.78 is 80.0. The number of alkyl halides is 6. The number of aryl methyl sites for hydroxylation is 1. The Hall–Kier alpha value is -2.85. The lowest BCUT2D eigenvalue weighted by Gasteiger charge is -2.37. The second-order valence-corrected chi connectivity index (χ2v) is 8.23. The molecule has 1 saturated carbocycles. The molecule has 1 amide bonds. The Balaban J connectivity index is 1.75. The second-order valence-electron chi connectivity index (χ2n) is 8.23. The van der Waals surface area contributed by atoms with E-state index in [1.807, 2.05) is 0 Å². The summed E-state index contributed by atoms with van der Waals surface area (Å²) in [6, 6.07) is 2.74. The van der Waals surface area contributed by atoms with Gasteiger partial charge in [-0.15, -0.1) is 0 Å². The van der Waals surface area contributed by atoms with Crippen LogP contribution in [0.1, 0.15) is 36.2 Å². The number of fused-ring (bicyclic) bond motifs is 2. The van der Waals surface area contributed by atoms with Crippen LogP contribution in [0.3, 0.4) is 0 Å². The van der Waals surface area contributed by atoms with Gasteiger partial charge in [-0.1, -0.05) is 0 Å². The maximum atomic E-state index is 13.4. The number of carbonyl (C=O) groups is 1. The third-order valence-electron chi connectivity index (χ3n) is 6.15. The minimum absolute atomic E-state index is 0.00124. The van der Waals surface area contributed by atoms with Gasteiger partial charge in [-0.25, -0.2) is 4.98 Å². The fraction of sp³-hybridized carbons (Fsp3) is 0.476. The predicted octanol–water partition coefficient (Wildman–Crippen LogP) is 4.84. The van der Waals surface area contributed by atoms with Crippen molar-refractivity contribution in [3.63, 3.8) is 0 Å². The van der Waals surface area contributed by atoms with Crippen LogP contribution in [0.2, 0.25) is 0 Å². The number of likely N-dealkylation sites (N-methyl/N-ethyl adjacent to an activating group) is 1. The molecule has 2 bridgehead atoms. The number of anilines is 2. The zero-order chi connectivity index (χ0) is 23.4. The zero-order valence-electron chi connectivity index (χ0n) is 17.2. The summed E-state index contributed by atoms with van der Waals surface area (Å²) in [4.78, 5) is 23.7. The van der Waals surface area contributed by atoms with Crippen molar-refractivity contribution in [2.45, 2.75) is 50.6 Å². The van der Waals surface area contributed by atoms with Crippen LogP contribution in [0.5, 0.6) is 0 Å². The maximum Gasteiger partial charge on any atom is 0.433 e. The first-order chi connectivity index (χ1) is 14.9. The van der Waals surface area contributed by atoms with Gasteiger partial charge in [0, 0.05) is 18.8 Å². The monoisotopic (exact) mass is 458 g/mol. The number of pyridine rings is 2. The topological polar surface area (TPSA) is 49.3 Å². The molecule has 2 fully saturated rings. The van der Waals surface area contributed by atoms with Gasteiger partial charge in [-0.2, -0.15) is 26.3 Å². The van der Waals surface area contributed by atoms with Gasteiger partial charge < -0.3 is 9.80 Å². The highest BCUT2D eigenvalue weighted by atomic mass is 19.4. The summed E-state index contributed by atoms with van der Waals surface area (Å²) in [6.07, 6.45) is -6.80. The molecule has 1 aliphatic heterocycles. The minimum Gasteiger partial charge on any atom is -0.341 e. The van der Waals surface area contributed by atoms with E-state index in [4.69, 9.17) is 0 Å². The molecule has 3 atom stereocenters. The van der Waals surface area contributed by atoms with Crippen LogP contribution in [-0.2, 0) is 17.1 Å². The lowest BCUT2D eigenvalue weighted by Crippen LogP contribution is -2.51. The number of hydrogen-bond donors (Lipinski definition) is 0. The number of aromatic nitrogens is 2. The van der Waals surface area contributed by atoms with E-state index < -0.39 is 41.4 Å². The molecule has 3 heterocycles. The van der Waals surface area contributed by atoms with Crippen molar-refractivity contribution >= 4 is 17.4 Å². The van der Waals surface area contributed by atoms with Gasteiger partial charge in [0.15, 0.2) is 0 Å². The maximum absolute atomic E-state index is 13.4. The van der Waals surface area contributed by atoms with E-state index in [0.29, 0.717) is 31.0 Å². The highest BCUT2D eigenvalue weighted by molar-refractivity contribution is 5.99. The lowest BCUT2D eigenvalue weighted by molar-refractivity contribution is -0.145. The summed E-state index contributed by atoms with van der Waals surface area (Å²) in [5.41, 5.74) is -1.85. The van der Waals surface area contributed by atoms with Crippen LogP contribution in [0.4, 0.5) is 37.8 Å². The van der Waals surface area contributed by atoms with Crippen LogP contribution in [0.15, 0.2) is 30.5 Å². The van der Waals surface area contributed by atoms with Crippen molar-refractivity contribution in [1.29, 1.82) is 0 Å². The standard InChI is InChI=1S/C21H20F6N4O/c1-11-3-5-15(10-28-11)30(2)19(32)18-12-4-6-14(7-12)31(18)17-9-13(20(22,23)24)8-16(29-17)21(25,26)27/h3,5,8-10,12,14,18H,4,6-7H2,1-2H3/t12-,14+,18-/m0/s1. The first-order valence-corrected chi connectivity index (χ1v) is 10.0. The zero-order valence-corrected chi connectivity index (χ0v) is 17.2. The predicted molar refractivity (Wildman–Crippen MR) is 104 cm³/mol. The SMILES string of the molecule is Cc1ccc(N(C)C(=O)[C@@H]2[C@H]3CC[C@H](C3)N2c2cc(C(F)(F)F)cc(C(F)(F)F)n2)cn1. The molecule has 0 aromatic carbocycles. The first kappa shape index (κ1) is 22.3. The number of piperidine rings is 1. The van der Waals surface area contributed by atoms with Gasteiger partial charge in [-0.3, -0.25) is 9.78 Å². The molecule has 0 radical (unpaired) electrons. The summed E-state index contributed by atoms with van der Waals surface area (Å²) in [6.45, 7) is 1.78. The van der Waals surface area contributed by atoms with Crippen molar-refractivity contribution in [2.75, 3.05) is 16.8 Å². The van der Waals surface area contributed by atoms with Crippen molar-refractivity contribution in [2.24, 2.45) is 5.92 Å². The summed E-state index contributed by atoms with van der Waals surface area (Å²) in [7, 11) is 1.51. The van der Waals surface area contributed by atoms with E-state index in [2.05, 4.69) is 9.97 Å². The summed E-state index contributed by atoms with van der Waals surface area (Å²) >= 11 is 0. The molecule has 0 N–H and O–H groups in total. The molecular weight excluding hydrogens is 438 g/mol. The van der Waals surface area contributed by atoms with E-state index >= 15 is 0 Å². The quantitative estimate of drug-likeness (QED) is 0.618. The van der Waals surface area contributed by atoms with Crippen molar-refractivity contribution in [3.8, 4) is 0 Å². The molecule has 2 aliphatic rings.